The fourth-order valence-electron chi connectivity index (χ4n) is 0.859. The number of ether oxygens (including phenoxy) is 1. The van der Waals surface area contributed by atoms with Crippen LogP contribution in [-0.2, 0) is 14.3 Å². The lowest BCUT2D eigenvalue weighted by Gasteiger charge is -2.16. The number of hydrogen-bond acceptors (Lipinski definition) is 3. The Hall–Kier alpha value is -0.900. The van der Waals surface area contributed by atoms with Gasteiger partial charge in [-0.2, -0.15) is 5.32 Å². The maximum Gasteiger partial charge on any atom is 0.251 e. The average Bonchev–Trinajstić information content (AvgIpc) is 1.85. The molecule has 0 unspecified atom stereocenters. The Bertz CT molecular complexity index is 150. The first-order valence-electron chi connectivity index (χ1n) is 3.02. The molecule has 0 saturated carbocycles. The summed E-state index contributed by atoms with van der Waals surface area (Å²) in [5, 5.41) is 3.22. The molecular formula is C6H8NO3. The number of amides is 2. The molecule has 1 saturated heterocycles. The summed E-state index contributed by atoms with van der Waals surface area (Å²) >= 11 is 0. The quantitative estimate of drug-likeness (QED) is 0.462. The summed E-state index contributed by atoms with van der Waals surface area (Å²) in [5.41, 5.74) is 0. The lowest BCUT2D eigenvalue weighted by molar-refractivity contribution is -0.138. The van der Waals surface area contributed by atoms with Gasteiger partial charge in [0.2, 0.25) is 0 Å². The summed E-state index contributed by atoms with van der Waals surface area (Å²) in [4.78, 5) is 21.2. The van der Waals surface area contributed by atoms with Crippen LogP contribution < -0.4 is 5.32 Å². The van der Waals surface area contributed by atoms with Crippen molar-refractivity contribution in [1.29, 1.82) is 0 Å². The van der Waals surface area contributed by atoms with Crippen molar-refractivity contribution in [2.45, 2.75) is 18.9 Å². The predicted molar refractivity (Wildman–Crippen MR) is 32.2 cm³/mol. The van der Waals surface area contributed by atoms with Gasteiger partial charge in [0, 0.05) is 7.11 Å². The highest BCUT2D eigenvalue weighted by Gasteiger charge is 2.25. The second kappa shape index (κ2) is 2.79. The van der Waals surface area contributed by atoms with Gasteiger partial charge in [-0.1, -0.05) is 0 Å². The lowest BCUT2D eigenvalue weighted by atomic mass is 10.1. The molecule has 1 aliphatic rings. The molecule has 0 bridgehead atoms. The highest BCUT2D eigenvalue weighted by Crippen LogP contribution is 2.08. The summed E-state index contributed by atoms with van der Waals surface area (Å²) in [6, 6.07) is 0. The zero-order chi connectivity index (χ0) is 7.56. The van der Waals surface area contributed by atoms with Crippen LogP contribution in [0.4, 0.5) is 0 Å². The van der Waals surface area contributed by atoms with Crippen LogP contribution in [0.25, 0.3) is 0 Å². The SMILES string of the molecule is COC1CC(=O)[N]C(=O)C1. The van der Waals surface area contributed by atoms with E-state index in [1.807, 2.05) is 0 Å². The van der Waals surface area contributed by atoms with Gasteiger partial charge in [-0.15, -0.1) is 0 Å². The summed E-state index contributed by atoms with van der Waals surface area (Å²) < 4.78 is 4.83. The first-order valence-corrected chi connectivity index (χ1v) is 3.02. The second-order valence-corrected chi connectivity index (χ2v) is 2.17. The molecule has 55 valence electrons. The van der Waals surface area contributed by atoms with Gasteiger partial charge in [-0.25, -0.2) is 0 Å². The zero-order valence-electron chi connectivity index (χ0n) is 5.66. The molecule has 10 heavy (non-hydrogen) atoms. The summed E-state index contributed by atoms with van der Waals surface area (Å²) in [6.07, 6.45) is 0.224. The van der Waals surface area contributed by atoms with Gasteiger partial charge >= 0.3 is 0 Å². The first-order chi connectivity index (χ1) is 4.72. The Labute approximate surface area is 58.5 Å². The van der Waals surface area contributed by atoms with Crippen molar-refractivity contribution in [3.8, 4) is 0 Å². The number of carbonyl (C=O) groups excluding carboxylic acids is 2. The van der Waals surface area contributed by atoms with E-state index in [0.717, 1.165) is 0 Å². The van der Waals surface area contributed by atoms with E-state index in [-0.39, 0.29) is 30.8 Å². The molecule has 0 N–H and O–H groups in total. The Balaban J connectivity index is 2.50. The molecule has 1 fully saturated rings. The topological polar surface area (TPSA) is 57.5 Å². The van der Waals surface area contributed by atoms with Crippen LogP contribution in [0.2, 0.25) is 0 Å². The van der Waals surface area contributed by atoms with Crippen molar-refractivity contribution in [3.63, 3.8) is 0 Å². The molecule has 4 nitrogen and oxygen atoms in total. The van der Waals surface area contributed by atoms with Crippen LogP contribution in [0.15, 0.2) is 0 Å². The van der Waals surface area contributed by atoms with Crippen LogP contribution in [0.3, 0.4) is 0 Å². The minimum absolute atomic E-state index is 0.238. The molecule has 4 heteroatoms. The van der Waals surface area contributed by atoms with Gasteiger partial charge in [0.15, 0.2) is 0 Å². The van der Waals surface area contributed by atoms with Crippen LogP contribution in [0.1, 0.15) is 12.8 Å². The molecule has 0 atom stereocenters. The van der Waals surface area contributed by atoms with Crippen LogP contribution in [0, 0.1) is 0 Å². The van der Waals surface area contributed by atoms with E-state index in [4.69, 9.17) is 4.74 Å². The van der Waals surface area contributed by atoms with Crippen molar-refractivity contribution >= 4 is 11.8 Å². The number of carbonyl (C=O) groups is 2. The number of nitrogens with zero attached hydrogens (tertiary/aromatic N) is 1. The Morgan fingerprint density at radius 2 is 1.90 bits per heavy atom. The first kappa shape index (κ1) is 7.21. The van der Waals surface area contributed by atoms with Gasteiger partial charge < -0.3 is 4.74 Å². The van der Waals surface area contributed by atoms with E-state index in [1.165, 1.54) is 7.11 Å². The summed E-state index contributed by atoms with van der Waals surface area (Å²) in [7, 11) is 1.48. The molecule has 1 rings (SSSR count). The monoisotopic (exact) mass is 142 g/mol. The minimum Gasteiger partial charge on any atom is -0.380 e. The van der Waals surface area contributed by atoms with Gasteiger partial charge in [-0.3, -0.25) is 9.59 Å². The van der Waals surface area contributed by atoms with Gasteiger partial charge in [0.25, 0.3) is 11.8 Å². The van der Waals surface area contributed by atoms with E-state index >= 15 is 0 Å². The van der Waals surface area contributed by atoms with Gasteiger partial charge in [0.1, 0.15) is 0 Å². The Morgan fingerprint density at radius 3 is 2.30 bits per heavy atom. The standard InChI is InChI=1S/C6H8NO3/c1-10-4-2-5(8)7-6(9)3-4/h4H,2-3H2,1H3. The predicted octanol–water partition coefficient (Wildman–Crippen LogP) is -0.547. The van der Waals surface area contributed by atoms with E-state index in [9.17, 15) is 9.59 Å². The highest BCUT2D eigenvalue weighted by atomic mass is 16.5. The molecule has 0 spiro atoms. The average molecular weight is 142 g/mol. The summed E-state index contributed by atoms with van der Waals surface area (Å²) in [5.74, 6) is -0.744. The number of piperidine rings is 1. The number of rotatable bonds is 1. The second-order valence-electron chi connectivity index (χ2n) is 2.17. The van der Waals surface area contributed by atoms with Crippen molar-refractivity contribution in [1.82, 2.24) is 5.32 Å². The molecule has 1 radical (unpaired) electrons. The van der Waals surface area contributed by atoms with Crippen molar-refractivity contribution < 1.29 is 14.3 Å². The molecule has 0 aromatic rings. The normalized spacial score (nSPS) is 20.9. The molecular weight excluding hydrogens is 134 g/mol. The van der Waals surface area contributed by atoms with E-state index in [2.05, 4.69) is 5.32 Å². The number of hydrogen-bond donors (Lipinski definition) is 0. The lowest BCUT2D eigenvalue weighted by Crippen LogP contribution is -2.36. The highest BCUT2D eigenvalue weighted by molar-refractivity contribution is 5.97. The maximum absolute atomic E-state index is 10.6. The molecule has 0 aromatic carbocycles. The minimum atomic E-state index is -0.372. The molecule has 2 amide bonds. The Kier molecular flexibility index (Phi) is 2.01. The van der Waals surface area contributed by atoms with Gasteiger partial charge in [0.05, 0.1) is 18.9 Å². The third-order valence-electron chi connectivity index (χ3n) is 1.39. The molecule has 0 aliphatic carbocycles. The van der Waals surface area contributed by atoms with Crippen LogP contribution >= 0.6 is 0 Å². The van der Waals surface area contributed by atoms with Crippen LogP contribution in [-0.4, -0.2) is 25.0 Å². The van der Waals surface area contributed by atoms with Crippen molar-refractivity contribution in [3.05, 3.63) is 0 Å². The van der Waals surface area contributed by atoms with E-state index in [0.29, 0.717) is 0 Å². The fraction of sp³-hybridized carbons (Fsp3) is 0.667. The number of methoxy groups -OCH3 is 1. The van der Waals surface area contributed by atoms with Gasteiger partial charge in [-0.05, 0) is 0 Å². The molecule has 1 heterocycles. The maximum atomic E-state index is 10.6. The van der Waals surface area contributed by atoms with E-state index < -0.39 is 0 Å². The molecule has 0 aromatic heterocycles. The van der Waals surface area contributed by atoms with E-state index in [1.54, 1.807) is 0 Å². The fourth-order valence-corrected chi connectivity index (χ4v) is 0.859. The zero-order valence-corrected chi connectivity index (χ0v) is 5.66. The molecule has 1 aliphatic heterocycles. The Morgan fingerprint density at radius 1 is 1.40 bits per heavy atom. The third-order valence-corrected chi connectivity index (χ3v) is 1.39. The van der Waals surface area contributed by atoms with Crippen molar-refractivity contribution in [2.24, 2.45) is 0 Å². The van der Waals surface area contributed by atoms with Crippen molar-refractivity contribution in [2.75, 3.05) is 7.11 Å². The largest absolute Gasteiger partial charge is 0.380 e. The summed E-state index contributed by atoms with van der Waals surface area (Å²) in [6.45, 7) is 0. The third kappa shape index (κ3) is 1.54. The van der Waals surface area contributed by atoms with Crippen LogP contribution in [0.5, 0.6) is 0 Å². The number of imide groups is 1. The smallest absolute Gasteiger partial charge is 0.251 e.